The highest BCUT2D eigenvalue weighted by Crippen LogP contribution is 2.37. The first-order valence-corrected chi connectivity index (χ1v) is 6.50. The minimum Gasteiger partial charge on any atom is -0.384 e. The SMILES string of the molecule is Cn1cc(C(O)c2cccc(C3CCC3)c2)cn1. The number of hydrogen-bond donors (Lipinski definition) is 1. The highest BCUT2D eigenvalue weighted by Gasteiger charge is 2.20. The molecular weight excluding hydrogens is 224 g/mol. The Balaban J connectivity index is 1.86. The van der Waals surface area contributed by atoms with Crippen LogP contribution in [0.25, 0.3) is 0 Å². The molecule has 0 bridgehead atoms. The number of aromatic nitrogens is 2. The summed E-state index contributed by atoms with van der Waals surface area (Å²) in [5.41, 5.74) is 3.18. The van der Waals surface area contributed by atoms with Gasteiger partial charge in [0.05, 0.1) is 6.20 Å². The van der Waals surface area contributed by atoms with Crippen LogP contribution in [0.3, 0.4) is 0 Å². The molecule has 1 N–H and O–H groups in total. The monoisotopic (exact) mass is 242 g/mol. The molecule has 1 aromatic carbocycles. The van der Waals surface area contributed by atoms with E-state index in [4.69, 9.17) is 0 Å². The van der Waals surface area contributed by atoms with Gasteiger partial charge in [-0.3, -0.25) is 4.68 Å². The fourth-order valence-corrected chi connectivity index (χ4v) is 2.50. The van der Waals surface area contributed by atoms with E-state index < -0.39 is 6.10 Å². The Morgan fingerprint density at radius 3 is 2.78 bits per heavy atom. The molecule has 0 spiro atoms. The van der Waals surface area contributed by atoms with Crippen molar-refractivity contribution in [2.75, 3.05) is 0 Å². The number of aliphatic hydroxyl groups excluding tert-OH is 1. The standard InChI is InChI=1S/C15H18N2O/c1-17-10-14(9-16-17)15(18)13-7-3-6-12(8-13)11-4-2-5-11/h3,6-11,15,18H,2,4-5H2,1H3. The summed E-state index contributed by atoms with van der Waals surface area (Å²) in [6.45, 7) is 0. The van der Waals surface area contributed by atoms with Crippen LogP contribution in [0.15, 0.2) is 36.7 Å². The molecular formula is C15H18N2O. The van der Waals surface area contributed by atoms with Crippen LogP contribution in [-0.4, -0.2) is 14.9 Å². The van der Waals surface area contributed by atoms with E-state index in [1.807, 2.05) is 25.4 Å². The molecule has 1 aliphatic carbocycles. The van der Waals surface area contributed by atoms with Gasteiger partial charge in [0, 0.05) is 18.8 Å². The maximum Gasteiger partial charge on any atom is 0.107 e. The third-order valence-corrected chi connectivity index (χ3v) is 3.84. The highest BCUT2D eigenvalue weighted by molar-refractivity contribution is 5.33. The van der Waals surface area contributed by atoms with E-state index in [1.54, 1.807) is 10.9 Å². The fraction of sp³-hybridized carbons (Fsp3) is 0.400. The predicted molar refractivity (Wildman–Crippen MR) is 70.3 cm³/mol. The minimum absolute atomic E-state index is 0.571. The number of rotatable bonds is 3. The summed E-state index contributed by atoms with van der Waals surface area (Å²) < 4.78 is 1.72. The lowest BCUT2D eigenvalue weighted by molar-refractivity contribution is 0.220. The van der Waals surface area contributed by atoms with Crippen LogP contribution in [0, 0.1) is 0 Å². The normalized spacial score (nSPS) is 17.4. The van der Waals surface area contributed by atoms with Gasteiger partial charge in [0.1, 0.15) is 6.10 Å². The highest BCUT2D eigenvalue weighted by atomic mass is 16.3. The van der Waals surface area contributed by atoms with Crippen molar-refractivity contribution in [3.8, 4) is 0 Å². The molecule has 0 radical (unpaired) electrons. The van der Waals surface area contributed by atoms with Crippen LogP contribution in [0.4, 0.5) is 0 Å². The number of benzene rings is 1. The summed E-state index contributed by atoms with van der Waals surface area (Å²) in [6.07, 6.45) is 6.92. The number of hydrogen-bond acceptors (Lipinski definition) is 2. The lowest BCUT2D eigenvalue weighted by Gasteiger charge is -2.26. The molecule has 3 rings (SSSR count). The zero-order valence-electron chi connectivity index (χ0n) is 10.6. The number of aryl methyl sites for hydroxylation is 1. The van der Waals surface area contributed by atoms with E-state index in [-0.39, 0.29) is 0 Å². The van der Waals surface area contributed by atoms with Crippen LogP contribution >= 0.6 is 0 Å². The molecule has 0 aliphatic heterocycles. The van der Waals surface area contributed by atoms with Gasteiger partial charge >= 0.3 is 0 Å². The molecule has 3 heteroatoms. The Morgan fingerprint density at radius 2 is 2.17 bits per heavy atom. The van der Waals surface area contributed by atoms with E-state index in [2.05, 4.69) is 17.2 Å². The third-order valence-electron chi connectivity index (χ3n) is 3.84. The molecule has 0 amide bonds. The second kappa shape index (κ2) is 4.58. The molecule has 94 valence electrons. The Morgan fingerprint density at radius 1 is 1.33 bits per heavy atom. The van der Waals surface area contributed by atoms with Gasteiger partial charge in [-0.25, -0.2) is 0 Å². The van der Waals surface area contributed by atoms with Gasteiger partial charge in [-0.15, -0.1) is 0 Å². The van der Waals surface area contributed by atoms with Crippen molar-refractivity contribution >= 4 is 0 Å². The Kier molecular flexibility index (Phi) is 2.92. The van der Waals surface area contributed by atoms with Gasteiger partial charge in [0.15, 0.2) is 0 Å². The summed E-state index contributed by atoms with van der Waals surface area (Å²) >= 11 is 0. The summed E-state index contributed by atoms with van der Waals surface area (Å²) in [6, 6.07) is 8.34. The lowest BCUT2D eigenvalue weighted by Crippen LogP contribution is -2.09. The average Bonchev–Trinajstić information content (AvgIpc) is 2.73. The summed E-state index contributed by atoms with van der Waals surface area (Å²) in [7, 11) is 1.86. The van der Waals surface area contributed by atoms with Crippen LogP contribution in [0.2, 0.25) is 0 Å². The van der Waals surface area contributed by atoms with Gasteiger partial charge in [-0.1, -0.05) is 30.7 Å². The molecule has 3 nitrogen and oxygen atoms in total. The van der Waals surface area contributed by atoms with Crippen molar-refractivity contribution in [2.24, 2.45) is 7.05 Å². The largest absolute Gasteiger partial charge is 0.384 e. The van der Waals surface area contributed by atoms with Gasteiger partial charge in [0.25, 0.3) is 0 Å². The second-order valence-corrected chi connectivity index (χ2v) is 5.15. The van der Waals surface area contributed by atoms with Crippen molar-refractivity contribution in [3.63, 3.8) is 0 Å². The van der Waals surface area contributed by atoms with Gasteiger partial charge in [0.2, 0.25) is 0 Å². The second-order valence-electron chi connectivity index (χ2n) is 5.15. The molecule has 1 atom stereocenters. The van der Waals surface area contributed by atoms with Crippen molar-refractivity contribution < 1.29 is 5.11 Å². The maximum atomic E-state index is 10.3. The molecule has 1 saturated carbocycles. The Bertz CT molecular complexity index is 543. The fourth-order valence-electron chi connectivity index (χ4n) is 2.50. The molecule has 18 heavy (non-hydrogen) atoms. The van der Waals surface area contributed by atoms with Crippen molar-refractivity contribution in [1.82, 2.24) is 9.78 Å². The number of nitrogens with zero attached hydrogens (tertiary/aromatic N) is 2. The molecule has 1 unspecified atom stereocenters. The summed E-state index contributed by atoms with van der Waals surface area (Å²) in [5, 5.41) is 14.5. The molecule has 1 aliphatic rings. The predicted octanol–water partition coefficient (Wildman–Crippen LogP) is 2.77. The lowest BCUT2D eigenvalue weighted by atomic mass is 9.79. The Hall–Kier alpha value is -1.61. The van der Waals surface area contributed by atoms with Crippen molar-refractivity contribution in [1.29, 1.82) is 0 Å². The van der Waals surface area contributed by atoms with Gasteiger partial charge in [-0.05, 0) is 29.9 Å². The average molecular weight is 242 g/mol. The summed E-state index contributed by atoms with van der Waals surface area (Å²) in [5.74, 6) is 0.700. The van der Waals surface area contributed by atoms with Crippen LogP contribution in [0.1, 0.15) is 48.0 Å². The van der Waals surface area contributed by atoms with Crippen LogP contribution in [-0.2, 0) is 7.05 Å². The van der Waals surface area contributed by atoms with Crippen molar-refractivity contribution in [3.05, 3.63) is 53.3 Å². The van der Waals surface area contributed by atoms with E-state index in [0.717, 1.165) is 11.1 Å². The maximum absolute atomic E-state index is 10.3. The topological polar surface area (TPSA) is 38.0 Å². The first-order chi connectivity index (χ1) is 8.74. The third kappa shape index (κ3) is 2.06. The first-order valence-electron chi connectivity index (χ1n) is 6.50. The van der Waals surface area contributed by atoms with E-state index >= 15 is 0 Å². The zero-order chi connectivity index (χ0) is 12.5. The molecule has 1 fully saturated rings. The van der Waals surface area contributed by atoms with E-state index in [1.165, 1.54) is 24.8 Å². The van der Waals surface area contributed by atoms with Crippen LogP contribution in [0.5, 0.6) is 0 Å². The Labute approximate surface area is 107 Å². The quantitative estimate of drug-likeness (QED) is 0.898. The molecule has 2 aromatic rings. The molecule has 0 saturated heterocycles. The van der Waals surface area contributed by atoms with E-state index in [9.17, 15) is 5.11 Å². The van der Waals surface area contributed by atoms with Gasteiger partial charge < -0.3 is 5.11 Å². The minimum atomic E-state index is -0.571. The smallest absolute Gasteiger partial charge is 0.107 e. The van der Waals surface area contributed by atoms with Crippen molar-refractivity contribution in [2.45, 2.75) is 31.3 Å². The zero-order valence-corrected chi connectivity index (χ0v) is 10.6. The molecule has 1 aromatic heterocycles. The molecule has 1 heterocycles. The number of aliphatic hydroxyl groups is 1. The van der Waals surface area contributed by atoms with Gasteiger partial charge in [-0.2, -0.15) is 5.10 Å². The summed E-state index contributed by atoms with van der Waals surface area (Å²) in [4.78, 5) is 0. The van der Waals surface area contributed by atoms with E-state index in [0.29, 0.717) is 5.92 Å². The van der Waals surface area contributed by atoms with Crippen LogP contribution < -0.4 is 0 Å². The first kappa shape index (κ1) is 11.5.